The summed E-state index contributed by atoms with van der Waals surface area (Å²) in [6, 6.07) is 8.03. The van der Waals surface area contributed by atoms with Gasteiger partial charge >= 0.3 is 6.09 Å². The number of benzene rings is 1. The molecule has 1 aliphatic rings. The Morgan fingerprint density at radius 1 is 1.19 bits per heavy atom. The molecule has 0 spiro atoms. The van der Waals surface area contributed by atoms with Crippen molar-refractivity contribution >= 4 is 17.8 Å². The summed E-state index contributed by atoms with van der Waals surface area (Å²) < 4.78 is 11.9. The van der Waals surface area contributed by atoms with Crippen molar-refractivity contribution in [2.24, 2.45) is 0 Å². The first-order chi connectivity index (χ1) is 17.5. The molecule has 0 saturated carbocycles. The SMILES string of the molecule is COC(=O)NCCCN(CC(=O)NCCc1ccc2c(c1)CCO2)c1cc(C)nc(-n2ccnc2)n1. The number of aromatic nitrogens is 4. The van der Waals surface area contributed by atoms with E-state index in [1.54, 1.807) is 23.3 Å². The minimum absolute atomic E-state index is 0.110. The van der Waals surface area contributed by atoms with E-state index >= 15 is 0 Å². The predicted molar refractivity (Wildman–Crippen MR) is 133 cm³/mol. The Balaban J connectivity index is 1.39. The van der Waals surface area contributed by atoms with Crippen LogP contribution in [0.4, 0.5) is 10.6 Å². The van der Waals surface area contributed by atoms with Crippen LogP contribution in [-0.2, 0) is 22.4 Å². The van der Waals surface area contributed by atoms with E-state index in [1.807, 2.05) is 30.0 Å². The van der Waals surface area contributed by atoms with Crippen molar-refractivity contribution in [3.05, 3.63) is 59.8 Å². The van der Waals surface area contributed by atoms with Crippen LogP contribution in [0.15, 0.2) is 43.0 Å². The third-order valence-corrected chi connectivity index (χ3v) is 5.77. The molecule has 2 amide bonds. The van der Waals surface area contributed by atoms with Gasteiger partial charge in [0.1, 0.15) is 17.9 Å². The molecule has 36 heavy (non-hydrogen) atoms. The largest absolute Gasteiger partial charge is 0.493 e. The normalized spacial score (nSPS) is 11.9. The van der Waals surface area contributed by atoms with Gasteiger partial charge < -0.3 is 25.0 Å². The quantitative estimate of drug-likeness (QED) is 0.388. The minimum atomic E-state index is -0.488. The fourth-order valence-corrected chi connectivity index (χ4v) is 3.97. The van der Waals surface area contributed by atoms with Crippen molar-refractivity contribution in [3.63, 3.8) is 0 Å². The van der Waals surface area contributed by atoms with Crippen molar-refractivity contribution in [2.75, 3.05) is 44.8 Å². The first kappa shape index (κ1) is 25.0. The van der Waals surface area contributed by atoms with E-state index in [-0.39, 0.29) is 12.5 Å². The molecule has 1 aromatic carbocycles. The second kappa shape index (κ2) is 12.0. The molecule has 2 aromatic heterocycles. The second-order valence-electron chi connectivity index (χ2n) is 8.47. The zero-order chi connectivity index (χ0) is 25.3. The Bertz CT molecular complexity index is 1180. The zero-order valence-electron chi connectivity index (χ0n) is 20.6. The van der Waals surface area contributed by atoms with Gasteiger partial charge in [0.05, 0.1) is 20.3 Å². The molecular weight excluding hydrogens is 462 g/mol. The highest BCUT2D eigenvalue weighted by Crippen LogP contribution is 2.25. The molecule has 0 unspecified atom stereocenters. The smallest absolute Gasteiger partial charge is 0.406 e. The van der Waals surface area contributed by atoms with E-state index in [4.69, 9.17) is 4.74 Å². The number of anilines is 1. The van der Waals surface area contributed by atoms with Gasteiger partial charge in [0, 0.05) is 50.2 Å². The number of imidazole rings is 1. The standard InChI is InChI=1S/C25H31N7O4/c1-18-14-22(30-24(29-18)32-12-10-26-17-32)31(11-3-8-28-25(34)35-2)16-23(33)27-9-6-19-4-5-21-20(15-19)7-13-36-21/h4-5,10,12,14-15,17H,3,6-9,11,13,16H2,1-2H3,(H,27,33)(H,28,34). The van der Waals surface area contributed by atoms with Gasteiger partial charge in [-0.25, -0.2) is 14.8 Å². The number of carbonyl (C=O) groups excluding carboxylic acids is 2. The summed E-state index contributed by atoms with van der Waals surface area (Å²) in [6.45, 7) is 4.17. The van der Waals surface area contributed by atoms with Gasteiger partial charge in [-0.05, 0) is 37.0 Å². The van der Waals surface area contributed by atoms with Crippen LogP contribution in [0.5, 0.6) is 5.75 Å². The Hall–Kier alpha value is -4.15. The number of nitrogens with zero attached hydrogens (tertiary/aromatic N) is 5. The van der Waals surface area contributed by atoms with E-state index in [0.29, 0.717) is 37.8 Å². The summed E-state index contributed by atoms with van der Waals surface area (Å²) in [5, 5.41) is 5.68. The maximum absolute atomic E-state index is 12.9. The number of fused-ring (bicyclic) bond motifs is 1. The van der Waals surface area contributed by atoms with Crippen molar-refractivity contribution in [3.8, 4) is 11.7 Å². The van der Waals surface area contributed by atoms with Crippen LogP contribution in [0, 0.1) is 6.92 Å². The molecule has 4 rings (SSSR count). The van der Waals surface area contributed by atoms with Gasteiger partial charge in [-0.1, -0.05) is 12.1 Å². The van der Waals surface area contributed by atoms with E-state index in [1.165, 1.54) is 18.2 Å². The van der Waals surface area contributed by atoms with E-state index in [0.717, 1.165) is 30.9 Å². The second-order valence-corrected chi connectivity index (χ2v) is 8.47. The average Bonchev–Trinajstić information content (AvgIpc) is 3.57. The fraction of sp³-hybridized carbons (Fsp3) is 0.400. The van der Waals surface area contributed by atoms with Gasteiger partial charge in [0.2, 0.25) is 11.9 Å². The molecule has 0 bridgehead atoms. The van der Waals surface area contributed by atoms with Crippen LogP contribution < -0.4 is 20.3 Å². The molecule has 11 heteroatoms. The molecule has 3 heterocycles. The van der Waals surface area contributed by atoms with Crippen molar-refractivity contribution in [2.45, 2.75) is 26.2 Å². The summed E-state index contributed by atoms with van der Waals surface area (Å²) in [5.74, 6) is 1.94. The summed E-state index contributed by atoms with van der Waals surface area (Å²) >= 11 is 0. The highest BCUT2D eigenvalue weighted by atomic mass is 16.5. The number of alkyl carbamates (subject to hydrolysis) is 1. The molecule has 0 saturated heterocycles. The number of nitrogens with one attached hydrogen (secondary N) is 2. The molecule has 0 aliphatic carbocycles. The molecule has 0 fully saturated rings. The van der Waals surface area contributed by atoms with Crippen LogP contribution in [0.2, 0.25) is 0 Å². The maximum Gasteiger partial charge on any atom is 0.406 e. The lowest BCUT2D eigenvalue weighted by Crippen LogP contribution is -2.40. The Morgan fingerprint density at radius 3 is 2.89 bits per heavy atom. The first-order valence-corrected chi connectivity index (χ1v) is 11.9. The molecule has 11 nitrogen and oxygen atoms in total. The molecule has 1 aliphatic heterocycles. The third-order valence-electron chi connectivity index (χ3n) is 5.77. The van der Waals surface area contributed by atoms with Crippen LogP contribution >= 0.6 is 0 Å². The number of hydrogen-bond acceptors (Lipinski definition) is 8. The van der Waals surface area contributed by atoms with E-state index in [2.05, 4.69) is 36.4 Å². The van der Waals surface area contributed by atoms with Crippen LogP contribution in [0.1, 0.15) is 23.2 Å². The van der Waals surface area contributed by atoms with E-state index < -0.39 is 6.09 Å². The lowest BCUT2D eigenvalue weighted by molar-refractivity contribution is -0.119. The molecule has 190 valence electrons. The lowest BCUT2D eigenvalue weighted by atomic mass is 10.1. The van der Waals surface area contributed by atoms with Gasteiger partial charge in [-0.2, -0.15) is 4.98 Å². The minimum Gasteiger partial charge on any atom is -0.493 e. The van der Waals surface area contributed by atoms with Gasteiger partial charge in [0.15, 0.2) is 0 Å². The average molecular weight is 494 g/mol. The summed E-state index contributed by atoms with van der Waals surface area (Å²) in [5.41, 5.74) is 3.16. The van der Waals surface area contributed by atoms with Crippen molar-refractivity contribution < 1.29 is 19.1 Å². The zero-order valence-corrected chi connectivity index (χ0v) is 20.6. The van der Waals surface area contributed by atoms with Crippen molar-refractivity contribution in [1.82, 2.24) is 30.2 Å². The Labute approximate surface area is 209 Å². The Morgan fingerprint density at radius 2 is 2.08 bits per heavy atom. The molecule has 3 aromatic rings. The number of ether oxygens (including phenoxy) is 2. The topological polar surface area (TPSA) is 124 Å². The van der Waals surface area contributed by atoms with Crippen LogP contribution in [0.25, 0.3) is 5.95 Å². The maximum atomic E-state index is 12.9. The summed E-state index contributed by atoms with van der Waals surface area (Å²) in [7, 11) is 1.32. The number of aryl methyl sites for hydroxylation is 1. The Kier molecular flexibility index (Phi) is 8.32. The molecule has 0 atom stereocenters. The van der Waals surface area contributed by atoms with Crippen molar-refractivity contribution in [1.29, 1.82) is 0 Å². The van der Waals surface area contributed by atoms with Gasteiger partial charge in [-0.3, -0.25) is 9.36 Å². The van der Waals surface area contributed by atoms with Gasteiger partial charge in [0.25, 0.3) is 0 Å². The summed E-state index contributed by atoms with van der Waals surface area (Å²) in [4.78, 5) is 39.3. The van der Waals surface area contributed by atoms with E-state index in [9.17, 15) is 9.59 Å². The predicted octanol–water partition coefficient (Wildman–Crippen LogP) is 1.82. The van der Waals surface area contributed by atoms with Crippen LogP contribution in [-0.4, -0.2) is 71.4 Å². The fourth-order valence-electron chi connectivity index (χ4n) is 3.97. The lowest BCUT2D eigenvalue weighted by Gasteiger charge is -2.24. The monoisotopic (exact) mass is 493 g/mol. The highest BCUT2D eigenvalue weighted by molar-refractivity contribution is 5.81. The van der Waals surface area contributed by atoms with Crippen LogP contribution in [0.3, 0.4) is 0 Å². The molecule has 2 N–H and O–H groups in total. The third kappa shape index (κ3) is 6.71. The highest BCUT2D eigenvalue weighted by Gasteiger charge is 2.16. The number of rotatable bonds is 11. The number of amides is 2. The first-order valence-electron chi connectivity index (χ1n) is 11.9. The van der Waals surface area contributed by atoms with Gasteiger partial charge in [-0.15, -0.1) is 0 Å². The number of hydrogen-bond donors (Lipinski definition) is 2. The number of carbonyl (C=O) groups is 2. The molecular formula is C25H31N7O4. The molecule has 0 radical (unpaired) electrons. The number of methoxy groups -OCH3 is 1. The summed E-state index contributed by atoms with van der Waals surface area (Å²) in [6.07, 6.45) is 6.82.